The summed E-state index contributed by atoms with van der Waals surface area (Å²) < 4.78 is 55.2. The lowest BCUT2D eigenvalue weighted by atomic mass is 10.3. The highest BCUT2D eigenvalue weighted by Crippen LogP contribution is 2.21. The topological polar surface area (TPSA) is 103 Å². The Hall–Kier alpha value is -2.95. The van der Waals surface area contributed by atoms with Crippen molar-refractivity contribution in [3.05, 3.63) is 53.1 Å². The number of nitrogens with one attached hydrogen (secondary N) is 1. The van der Waals surface area contributed by atoms with Gasteiger partial charge in [-0.25, -0.2) is 23.7 Å². The lowest BCUT2D eigenvalue weighted by molar-refractivity contribution is 0.578. The van der Waals surface area contributed by atoms with E-state index in [1.807, 2.05) is 4.72 Å². The van der Waals surface area contributed by atoms with Gasteiger partial charge in [-0.1, -0.05) is 6.07 Å². The predicted octanol–water partition coefficient (Wildman–Crippen LogP) is 2.06. The van der Waals surface area contributed by atoms with Gasteiger partial charge in [-0.15, -0.1) is 5.10 Å². The van der Waals surface area contributed by atoms with Crippen molar-refractivity contribution in [3.63, 3.8) is 0 Å². The number of sulfonamides is 1. The summed E-state index contributed by atoms with van der Waals surface area (Å²) in [7, 11) is -4.42. The number of aromatic nitrogens is 5. The third kappa shape index (κ3) is 3.38. The Kier molecular flexibility index (Phi) is 4.40. The maximum Gasteiger partial charge on any atom is 0.299 e. The van der Waals surface area contributed by atoms with Gasteiger partial charge in [0.15, 0.2) is 0 Å². The minimum absolute atomic E-state index is 0.144. The zero-order valence-corrected chi connectivity index (χ0v) is 14.8. The first-order valence-corrected chi connectivity index (χ1v) is 8.89. The smallest absolute Gasteiger partial charge is 0.271 e. The SMILES string of the molecule is Cc1cc(C)nc(-n2nc(S(=O)(=O)Nc3c(F)cccc3F)nc2C)n1. The summed E-state index contributed by atoms with van der Waals surface area (Å²) in [6, 6.07) is 4.73. The van der Waals surface area contributed by atoms with Crippen LogP contribution in [0, 0.1) is 32.4 Å². The van der Waals surface area contributed by atoms with Crippen LogP contribution in [0.1, 0.15) is 17.2 Å². The second-order valence-electron chi connectivity index (χ2n) is 5.51. The molecule has 8 nitrogen and oxygen atoms in total. The lowest BCUT2D eigenvalue weighted by Gasteiger charge is -2.07. The molecule has 0 radical (unpaired) electrons. The van der Waals surface area contributed by atoms with Gasteiger partial charge in [0.2, 0.25) is 0 Å². The van der Waals surface area contributed by atoms with Crippen molar-refractivity contribution in [2.45, 2.75) is 25.9 Å². The van der Waals surface area contributed by atoms with Gasteiger partial charge >= 0.3 is 0 Å². The summed E-state index contributed by atoms with van der Waals surface area (Å²) in [5, 5.41) is 3.22. The number of halogens is 2. The van der Waals surface area contributed by atoms with Crippen molar-refractivity contribution < 1.29 is 17.2 Å². The number of para-hydroxylation sites is 1. The summed E-state index contributed by atoms with van der Waals surface area (Å²) >= 11 is 0. The van der Waals surface area contributed by atoms with Crippen molar-refractivity contribution in [3.8, 4) is 5.95 Å². The zero-order valence-electron chi connectivity index (χ0n) is 14.0. The van der Waals surface area contributed by atoms with Crippen LogP contribution in [0.15, 0.2) is 29.4 Å². The molecule has 0 bridgehead atoms. The van der Waals surface area contributed by atoms with E-state index in [1.165, 1.54) is 6.92 Å². The maximum absolute atomic E-state index is 13.7. The molecule has 1 N–H and O–H groups in total. The van der Waals surface area contributed by atoms with Gasteiger partial charge in [0.25, 0.3) is 21.1 Å². The zero-order chi connectivity index (χ0) is 19.1. The van der Waals surface area contributed by atoms with E-state index < -0.39 is 32.5 Å². The molecule has 11 heteroatoms. The first-order valence-electron chi connectivity index (χ1n) is 7.40. The second kappa shape index (κ2) is 6.41. The first kappa shape index (κ1) is 17.9. The average molecular weight is 380 g/mol. The second-order valence-corrected chi connectivity index (χ2v) is 7.08. The van der Waals surface area contributed by atoms with Crippen molar-refractivity contribution in [1.82, 2.24) is 24.7 Å². The maximum atomic E-state index is 13.7. The van der Waals surface area contributed by atoms with Gasteiger partial charge in [0.1, 0.15) is 23.1 Å². The highest BCUT2D eigenvalue weighted by molar-refractivity contribution is 7.92. The minimum Gasteiger partial charge on any atom is -0.271 e. The van der Waals surface area contributed by atoms with Crippen molar-refractivity contribution in [2.75, 3.05) is 4.72 Å². The number of nitrogens with zero attached hydrogens (tertiary/aromatic N) is 5. The van der Waals surface area contributed by atoms with E-state index >= 15 is 0 Å². The number of rotatable bonds is 4. The molecule has 0 saturated carbocycles. The highest BCUT2D eigenvalue weighted by Gasteiger charge is 2.25. The van der Waals surface area contributed by atoms with Gasteiger partial charge < -0.3 is 0 Å². The first-order chi connectivity index (χ1) is 12.2. The summed E-state index contributed by atoms with van der Waals surface area (Å²) in [5.41, 5.74) is 0.529. The summed E-state index contributed by atoms with van der Waals surface area (Å²) in [6.45, 7) is 5.02. The molecule has 136 valence electrons. The molecule has 0 spiro atoms. The fourth-order valence-electron chi connectivity index (χ4n) is 2.25. The summed E-state index contributed by atoms with van der Waals surface area (Å²) in [4.78, 5) is 12.2. The molecule has 0 aliphatic heterocycles. The standard InChI is InChI=1S/C15H14F2N6O2S/c1-8-7-9(2)19-14(18-8)23-10(3)20-15(21-23)26(24,25)22-13-11(16)5-4-6-12(13)17/h4-7,22H,1-3H3. The third-order valence-corrected chi connectivity index (χ3v) is 4.48. The fourth-order valence-corrected chi connectivity index (χ4v) is 3.24. The largest absolute Gasteiger partial charge is 0.299 e. The molecule has 0 aliphatic rings. The number of aryl methyl sites for hydroxylation is 3. The molecule has 3 rings (SSSR count). The van der Waals surface area contributed by atoms with Crippen LogP contribution in [0.25, 0.3) is 5.95 Å². The molecule has 1 aromatic carbocycles. The van der Waals surface area contributed by atoms with E-state index in [0.717, 1.165) is 22.9 Å². The molecule has 0 aliphatic carbocycles. The van der Waals surface area contributed by atoms with Gasteiger partial charge in [0, 0.05) is 11.4 Å². The van der Waals surface area contributed by atoms with Gasteiger partial charge in [0.05, 0.1) is 0 Å². The fraction of sp³-hybridized carbons (Fsp3) is 0.200. The summed E-state index contributed by atoms with van der Waals surface area (Å²) in [6.07, 6.45) is 0. The molecular weight excluding hydrogens is 366 g/mol. The molecular formula is C15H14F2N6O2S. The van der Waals surface area contributed by atoms with E-state index in [9.17, 15) is 17.2 Å². The van der Waals surface area contributed by atoms with Crippen LogP contribution in [0.4, 0.5) is 14.5 Å². The monoisotopic (exact) mass is 380 g/mol. The number of benzene rings is 1. The predicted molar refractivity (Wildman–Crippen MR) is 88.3 cm³/mol. The average Bonchev–Trinajstić information content (AvgIpc) is 2.93. The van der Waals surface area contributed by atoms with E-state index in [0.29, 0.717) is 11.4 Å². The molecule has 0 fully saturated rings. The third-order valence-electron chi connectivity index (χ3n) is 3.35. The Morgan fingerprint density at radius 3 is 2.15 bits per heavy atom. The molecule has 2 aromatic heterocycles. The number of anilines is 1. The van der Waals surface area contributed by atoms with Crippen LogP contribution >= 0.6 is 0 Å². The van der Waals surface area contributed by atoms with Gasteiger partial charge in [-0.2, -0.15) is 13.1 Å². The Morgan fingerprint density at radius 1 is 1.00 bits per heavy atom. The molecule has 2 heterocycles. The Labute approximate surface area is 148 Å². The van der Waals surface area contributed by atoms with E-state index in [-0.39, 0.29) is 11.8 Å². The lowest BCUT2D eigenvalue weighted by Crippen LogP contribution is -2.17. The van der Waals surface area contributed by atoms with Crippen molar-refractivity contribution in [1.29, 1.82) is 0 Å². The van der Waals surface area contributed by atoms with Crippen LogP contribution in [0.5, 0.6) is 0 Å². The van der Waals surface area contributed by atoms with Crippen LogP contribution in [-0.4, -0.2) is 33.2 Å². The van der Waals surface area contributed by atoms with Crippen LogP contribution in [0.3, 0.4) is 0 Å². The Balaban J connectivity index is 2.02. The molecule has 0 amide bonds. The van der Waals surface area contributed by atoms with Crippen molar-refractivity contribution in [2.24, 2.45) is 0 Å². The van der Waals surface area contributed by atoms with Gasteiger partial charge in [-0.3, -0.25) is 4.72 Å². The molecule has 0 saturated heterocycles. The number of hydrogen-bond acceptors (Lipinski definition) is 6. The van der Waals surface area contributed by atoms with E-state index in [1.54, 1.807) is 19.9 Å². The quantitative estimate of drug-likeness (QED) is 0.743. The Morgan fingerprint density at radius 2 is 1.58 bits per heavy atom. The molecule has 0 atom stereocenters. The molecule has 0 unspecified atom stereocenters. The Bertz CT molecular complexity index is 1060. The van der Waals surface area contributed by atoms with Crippen LogP contribution < -0.4 is 4.72 Å². The highest BCUT2D eigenvalue weighted by atomic mass is 32.2. The molecule has 26 heavy (non-hydrogen) atoms. The van der Waals surface area contributed by atoms with Gasteiger partial charge in [-0.05, 0) is 39.0 Å². The number of hydrogen-bond donors (Lipinski definition) is 1. The van der Waals surface area contributed by atoms with E-state index in [2.05, 4.69) is 20.1 Å². The molecule has 3 aromatic rings. The van der Waals surface area contributed by atoms with Crippen LogP contribution in [0.2, 0.25) is 0 Å². The van der Waals surface area contributed by atoms with Crippen molar-refractivity contribution >= 4 is 15.7 Å². The minimum atomic E-state index is -4.42. The van der Waals surface area contributed by atoms with Crippen LogP contribution in [-0.2, 0) is 10.0 Å². The summed E-state index contributed by atoms with van der Waals surface area (Å²) in [5.74, 6) is -1.76. The normalized spacial score (nSPS) is 11.6. The van der Waals surface area contributed by atoms with E-state index in [4.69, 9.17) is 0 Å².